The van der Waals surface area contributed by atoms with Gasteiger partial charge in [-0.25, -0.2) is 9.18 Å². The van der Waals surface area contributed by atoms with Crippen LogP contribution in [-0.2, 0) is 4.74 Å². The molecule has 0 bridgehead atoms. The summed E-state index contributed by atoms with van der Waals surface area (Å²) in [5.41, 5.74) is 0.646. The second-order valence-electron chi connectivity index (χ2n) is 6.31. The minimum atomic E-state index is -0.481. The minimum Gasteiger partial charge on any atom is -0.442 e. The van der Waals surface area contributed by atoms with E-state index in [-0.39, 0.29) is 17.8 Å². The fourth-order valence-electron chi connectivity index (χ4n) is 3.17. The maximum absolute atomic E-state index is 14.6. The molecule has 2 N–H and O–H groups in total. The van der Waals surface area contributed by atoms with E-state index in [9.17, 15) is 14.3 Å². The van der Waals surface area contributed by atoms with Crippen LogP contribution < -0.4 is 10.2 Å². The first kappa shape index (κ1) is 18.4. The van der Waals surface area contributed by atoms with Gasteiger partial charge in [0.15, 0.2) is 0 Å². The molecule has 8 heteroatoms. The summed E-state index contributed by atoms with van der Waals surface area (Å²) in [7, 11) is 0. The summed E-state index contributed by atoms with van der Waals surface area (Å²) in [4.78, 5) is 14.1. The summed E-state index contributed by atoms with van der Waals surface area (Å²) in [6.07, 6.45) is 0.593. The van der Waals surface area contributed by atoms with Crippen molar-refractivity contribution in [1.82, 2.24) is 5.32 Å². The third-order valence-corrected chi connectivity index (χ3v) is 5.64. The molecule has 25 heavy (non-hydrogen) atoms. The molecule has 3 atom stereocenters. The van der Waals surface area contributed by atoms with Gasteiger partial charge in [0.2, 0.25) is 0 Å². The van der Waals surface area contributed by atoms with Crippen LogP contribution in [-0.4, -0.2) is 46.6 Å². The third-order valence-electron chi connectivity index (χ3n) is 4.45. The molecular formula is C17H21FN2O3S2. The van der Waals surface area contributed by atoms with E-state index >= 15 is 0 Å². The van der Waals surface area contributed by atoms with Crippen molar-refractivity contribution in [1.29, 1.82) is 0 Å². The van der Waals surface area contributed by atoms with Gasteiger partial charge in [0, 0.05) is 0 Å². The van der Waals surface area contributed by atoms with Crippen LogP contribution in [0.3, 0.4) is 0 Å². The highest BCUT2D eigenvalue weighted by Crippen LogP contribution is 2.37. The molecule has 5 nitrogen and oxygen atoms in total. The molecule has 1 unspecified atom stereocenters. The molecule has 0 aliphatic carbocycles. The van der Waals surface area contributed by atoms with Gasteiger partial charge >= 0.3 is 6.09 Å². The fourth-order valence-corrected chi connectivity index (χ4v) is 4.31. The summed E-state index contributed by atoms with van der Waals surface area (Å²) in [5.74, 6) is 0.489. The number of aliphatic hydroxyl groups excluding tert-OH is 1. The predicted molar refractivity (Wildman–Crippen MR) is 101 cm³/mol. The number of hydrogen-bond acceptors (Lipinski definition) is 5. The standard InChI is InChI=1S/C17H21FN2O3S2/c1-10(24)19-8-13-9-20(17(22)23-13)12-2-3-14(15(18)7-12)11-4-5-25-16(21)6-11/h2-3,7,11,13,16,21H,4-6,8-9H2,1H3,(H,19,24)/t11-,13?,16-/m0/s1. The van der Waals surface area contributed by atoms with E-state index in [1.807, 2.05) is 0 Å². The van der Waals surface area contributed by atoms with Crippen molar-refractivity contribution in [2.75, 3.05) is 23.7 Å². The Hall–Kier alpha value is -1.38. The fraction of sp³-hybridized carbons (Fsp3) is 0.529. The average molecular weight is 384 g/mol. The lowest BCUT2D eigenvalue weighted by molar-refractivity contribution is 0.143. The Morgan fingerprint density at radius 2 is 2.36 bits per heavy atom. The second kappa shape index (κ2) is 7.88. The molecule has 1 aromatic rings. The number of rotatable bonds is 4. The number of halogens is 1. The molecule has 136 valence electrons. The Balaban J connectivity index is 1.70. The van der Waals surface area contributed by atoms with E-state index in [1.165, 1.54) is 22.7 Å². The zero-order chi connectivity index (χ0) is 18.0. The molecule has 2 heterocycles. The van der Waals surface area contributed by atoms with Gasteiger partial charge in [0.25, 0.3) is 0 Å². The second-order valence-corrected chi connectivity index (χ2v) is 8.20. The SMILES string of the molecule is CC(=S)NCC1CN(c2ccc([C@H]3CCS[C@H](O)C3)c(F)c2)C(=O)O1. The molecule has 3 rings (SSSR count). The van der Waals surface area contributed by atoms with E-state index in [2.05, 4.69) is 5.32 Å². The van der Waals surface area contributed by atoms with Crippen molar-refractivity contribution in [3.05, 3.63) is 29.6 Å². The van der Waals surface area contributed by atoms with Gasteiger partial charge in [-0.1, -0.05) is 18.3 Å². The van der Waals surface area contributed by atoms with Gasteiger partial charge in [0.05, 0.1) is 29.2 Å². The number of aliphatic hydroxyl groups is 1. The van der Waals surface area contributed by atoms with Crippen molar-refractivity contribution in [2.45, 2.75) is 37.2 Å². The quantitative estimate of drug-likeness (QED) is 0.778. The van der Waals surface area contributed by atoms with Gasteiger partial charge in [-0.15, -0.1) is 11.8 Å². The average Bonchev–Trinajstić information content (AvgIpc) is 2.94. The summed E-state index contributed by atoms with van der Waals surface area (Å²) in [6, 6.07) is 4.84. The molecule has 0 radical (unpaired) electrons. The van der Waals surface area contributed by atoms with Crippen LogP contribution in [0.2, 0.25) is 0 Å². The van der Waals surface area contributed by atoms with E-state index in [4.69, 9.17) is 17.0 Å². The number of nitrogens with zero attached hydrogens (tertiary/aromatic N) is 1. The Morgan fingerprint density at radius 1 is 1.56 bits per heavy atom. The highest BCUT2D eigenvalue weighted by molar-refractivity contribution is 7.99. The maximum atomic E-state index is 14.6. The first-order valence-corrected chi connectivity index (χ1v) is 9.71. The van der Waals surface area contributed by atoms with Crippen LogP contribution in [0.5, 0.6) is 0 Å². The van der Waals surface area contributed by atoms with E-state index in [0.717, 1.165) is 12.2 Å². The molecule has 1 amide bonds. The number of anilines is 1. The van der Waals surface area contributed by atoms with Gasteiger partial charge in [-0.3, -0.25) is 4.90 Å². The predicted octanol–water partition coefficient (Wildman–Crippen LogP) is 3.02. The highest BCUT2D eigenvalue weighted by Gasteiger charge is 2.33. The molecule has 2 aliphatic rings. The number of nitrogens with one attached hydrogen (secondary N) is 1. The number of thioether (sulfide) groups is 1. The third kappa shape index (κ3) is 4.43. The number of thiocarbonyl (C=S) groups is 1. The summed E-state index contributed by atoms with van der Waals surface area (Å²) >= 11 is 6.45. The lowest BCUT2D eigenvalue weighted by Gasteiger charge is -2.26. The number of ether oxygens (including phenoxy) is 1. The van der Waals surface area contributed by atoms with Crippen LogP contribution in [0.4, 0.5) is 14.9 Å². The van der Waals surface area contributed by atoms with Crippen LogP contribution in [0, 0.1) is 5.82 Å². The molecule has 0 aromatic heterocycles. The number of benzene rings is 1. The zero-order valence-corrected chi connectivity index (χ0v) is 15.5. The number of amides is 1. The van der Waals surface area contributed by atoms with Crippen LogP contribution in [0.15, 0.2) is 18.2 Å². The van der Waals surface area contributed by atoms with Gasteiger partial charge in [-0.05, 0) is 49.1 Å². The van der Waals surface area contributed by atoms with Crippen LogP contribution in [0.1, 0.15) is 31.2 Å². The van der Waals surface area contributed by atoms with Crippen molar-refractivity contribution >= 4 is 40.7 Å². The molecule has 1 aromatic carbocycles. The summed E-state index contributed by atoms with van der Waals surface area (Å²) in [5, 5.41) is 12.7. The number of carbonyl (C=O) groups is 1. The smallest absolute Gasteiger partial charge is 0.414 e. The van der Waals surface area contributed by atoms with Crippen LogP contribution >= 0.6 is 24.0 Å². The normalized spacial score (nSPS) is 26.4. The first-order valence-electron chi connectivity index (χ1n) is 8.25. The van der Waals surface area contributed by atoms with E-state index in [1.54, 1.807) is 19.1 Å². The Kier molecular flexibility index (Phi) is 5.81. The molecule has 2 aliphatic heterocycles. The van der Waals surface area contributed by atoms with Crippen molar-refractivity contribution < 1.29 is 19.0 Å². The molecule has 2 fully saturated rings. The van der Waals surface area contributed by atoms with Crippen LogP contribution in [0.25, 0.3) is 0 Å². The molecule has 0 saturated carbocycles. The monoisotopic (exact) mass is 384 g/mol. The Bertz CT molecular complexity index is 673. The lowest BCUT2D eigenvalue weighted by Crippen LogP contribution is -2.32. The van der Waals surface area contributed by atoms with Gasteiger partial charge in [0.1, 0.15) is 11.9 Å². The largest absolute Gasteiger partial charge is 0.442 e. The van der Waals surface area contributed by atoms with Crippen molar-refractivity contribution in [3.8, 4) is 0 Å². The number of carbonyl (C=O) groups excluding carboxylic acids is 1. The summed E-state index contributed by atoms with van der Waals surface area (Å²) < 4.78 is 19.9. The van der Waals surface area contributed by atoms with Crippen molar-refractivity contribution in [3.63, 3.8) is 0 Å². The molecule has 0 spiro atoms. The lowest BCUT2D eigenvalue weighted by atomic mass is 9.92. The summed E-state index contributed by atoms with van der Waals surface area (Å²) in [6.45, 7) is 2.56. The van der Waals surface area contributed by atoms with E-state index < -0.39 is 11.5 Å². The zero-order valence-electron chi connectivity index (χ0n) is 13.9. The Labute approximate surface area is 155 Å². The minimum absolute atomic E-state index is 0.0124. The topological polar surface area (TPSA) is 61.8 Å². The molecular weight excluding hydrogens is 363 g/mol. The first-order chi connectivity index (χ1) is 11.9. The number of cyclic esters (lactones) is 1. The highest BCUT2D eigenvalue weighted by atomic mass is 32.2. The Morgan fingerprint density at radius 3 is 3.04 bits per heavy atom. The van der Waals surface area contributed by atoms with E-state index in [0.29, 0.717) is 35.7 Å². The number of hydrogen-bond donors (Lipinski definition) is 2. The van der Waals surface area contributed by atoms with Crippen molar-refractivity contribution in [2.24, 2.45) is 0 Å². The molecule has 2 saturated heterocycles. The van der Waals surface area contributed by atoms with Gasteiger partial charge < -0.3 is 15.2 Å². The maximum Gasteiger partial charge on any atom is 0.414 e. The van der Waals surface area contributed by atoms with Gasteiger partial charge in [-0.2, -0.15) is 0 Å².